The summed E-state index contributed by atoms with van der Waals surface area (Å²) in [5.41, 5.74) is 3.64. The number of anilines is 1. The quantitative estimate of drug-likeness (QED) is 0.445. The third-order valence-electron chi connectivity index (χ3n) is 5.04. The molecule has 8 nitrogen and oxygen atoms in total. The number of aromatic nitrogens is 2. The van der Waals surface area contributed by atoms with Crippen LogP contribution in [0.4, 0.5) is 5.69 Å². The fraction of sp³-hybridized carbons (Fsp3) is 0.120. The van der Waals surface area contributed by atoms with E-state index in [0.29, 0.717) is 22.3 Å². The molecule has 0 aliphatic rings. The summed E-state index contributed by atoms with van der Waals surface area (Å²) < 4.78 is 7.17. The molecule has 0 fully saturated rings. The monoisotopic (exact) mass is 442 g/mol. The fourth-order valence-electron chi connectivity index (χ4n) is 3.52. The maximum absolute atomic E-state index is 12.5. The maximum Gasteiger partial charge on any atom is 0.338 e. The summed E-state index contributed by atoms with van der Waals surface area (Å²) in [6, 6.07) is 21.4. The predicted molar refractivity (Wildman–Crippen MR) is 125 cm³/mol. The van der Waals surface area contributed by atoms with E-state index in [9.17, 15) is 14.4 Å². The number of nitrogens with one attached hydrogen (secondary N) is 2. The van der Waals surface area contributed by atoms with E-state index >= 15 is 0 Å². The topological polar surface area (TPSA) is 102 Å². The Morgan fingerprint density at radius 2 is 1.73 bits per heavy atom. The van der Waals surface area contributed by atoms with Gasteiger partial charge in [0, 0.05) is 24.0 Å². The Balaban J connectivity index is 1.43. The average Bonchev–Trinajstić information content (AvgIpc) is 3.17. The predicted octanol–water partition coefficient (Wildman–Crippen LogP) is 3.49. The molecule has 1 heterocycles. The summed E-state index contributed by atoms with van der Waals surface area (Å²) in [4.78, 5) is 41.0. The third-order valence-corrected chi connectivity index (χ3v) is 5.04. The van der Waals surface area contributed by atoms with Gasteiger partial charge in [-0.3, -0.25) is 14.2 Å². The molecule has 2 amide bonds. The second-order valence-corrected chi connectivity index (χ2v) is 7.32. The van der Waals surface area contributed by atoms with Gasteiger partial charge in [-0.05, 0) is 55.5 Å². The van der Waals surface area contributed by atoms with Crippen molar-refractivity contribution in [1.82, 2.24) is 14.9 Å². The number of esters is 1. The average molecular weight is 442 g/mol. The number of fused-ring (bicyclic) bond motifs is 1. The molecule has 4 rings (SSSR count). The van der Waals surface area contributed by atoms with Crippen LogP contribution in [0.5, 0.6) is 0 Å². The summed E-state index contributed by atoms with van der Waals surface area (Å²) in [6.45, 7) is 1.44. The molecule has 166 valence electrons. The first kappa shape index (κ1) is 21.8. The Morgan fingerprint density at radius 3 is 2.48 bits per heavy atom. The molecule has 8 heteroatoms. The minimum Gasteiger partial charge on any atom is -0.452 e. The van der Waals surface area contributed by atoms with Crippen LogP contribution < -0.4 is 10.6 Å². The summed E-state index contributed by atoms with van der Waals surface area (Å²) in [7, 11) is 1.53. The van der Waals surface area contributed by atoms with E-state index in [2.05, 4.69) is 15.6 Å². The highest BCUT2D eigenvalue weighted by Gasteiger charge is 2.15. The number of imidazole rings is 1. The summed E-state index contributed by atoms with van der Waals surface area (Å²) in [6.07, 6.45) is 0. The first-order valence-electron chi connectivity index (χ1n) is 10.3. The van der Waals surface area contributed by atoms with Crippen LogP contribution in [-0.2, 0) is 9.53 Å². The molecule has 2 N–H and O–H groups in total. The van der Waals surface area contributed by atoms with Crippen molar-refractivity contribution in [2.45, 2.75) is 6.92 Å². The number of aryl methyl sites for hydroxylation is 1. The molecule has 1 aromatic heterocycles. The Hall–Kier alpha value is -4.46. The minimum atomic E-state index is -0.627. The van der Waals surface area contributed by atoms with Gasteiger partial charge in [-0.25, -0.2) is 9.78 Å². The SMILES string of the molecule is CNC(=O)c1cccc(NC(=O)COC(=O)c2ccc3c(c2)nc(C)n3-c2ccccc2)c1. The molecule has 0 radical (unpaired) electrons. The van der Waals surface area contributed by atoms with Crippen molar-refractivity contribution in [2.75, 3.05) is 19.0 Å². The van der Waals surface area contributed by atoms with Gasteiger partial charge in [0.05, 0.1) is 16.6 Å². The van der Waals surface area contributed by atoms with Crippen molar-refractivity contribution >= 4 is 34.5 Å². The van der Waals surface area contributed by atoms with Gasteiger partial charge in [-0.1, -0.05) is 24.3 Å². The lowest BCUT2D eigenvalue weighted by Crippen LogP contribution is -2.22. The second kappa shape index (κ2) is 9.35. The van der Waals surface area contributed by atoms with Crippen molar-refractivity contribution in [3.8, 4) is 5.69 Å². The van der Waals surface area contributed by atoms with Gasteiger partial charge >= 0.3 is 5.97 Å². The fourth-order valence-corrected chi connectivity index (χ4v) is 3.52. The van der Waals surface area contributed by atoms with Crippen LogP contribution in [0.1, 0.15) is 26.5 Å². The maximum atomic E-state index is 12.5. The first-order chi connectivity index (χ1) is 16.0. The Labute approximate surface area is 190 Å². The van der Waals surface area contributed by atoms with Crippen LogP contribution >= 0.6 is 0 Å². The number of hydrogen-bond acceptors (Lipinski definition) is 5. The number of amides is 2. The molecule has 0 bridgehead atoms. The normalized spacial score (nSPS) is 10.6. The number of hydrogen-bond donors (Lipinski definition) is 2. The van der Waals surface area contributed by atoms with Crippen molar-refractivity contribution < 1.29 is 19.1 Å². The largest absolute Gasteiger partial charge is 0.452 e. The van der Waals surface area contributed by atoms with Crippen LogP contribution in [0.25, 0.3) is 16.7 Å². The van der Waals surface area contributed by atoms with Crippen molar-refractivity contribution in [2.24, 2.45) is 0 Å². The lowest BCUT2D eigenvalue weighted by atomic mass is 10.2. The zero-order valence-corrected chi connectivity index (χ0v) is 18.2. The van der Waals surface area contributed by atoms with E-state index in [1.807, 2.05) is 47.9 Å². The number of rotatable bonds is 6. The van der Waals surface area contributed by atoms with Crippen molar-refractivity contribution in [1.29, 1.82) is 0 Å². The highest BCUT2D eigenvalue weighted by Crippen LogP contribution is 2.22. The van der Waals surface area contributed by atoms with Crippen LogP contribution in [0.3, 0.4) is 0 Å². The molecule has 33 heavy (non-hydrogen) atoms. The number of para-hydroxylation sites is 1. The van der Waals surface area contributed by atoms with Gasteiger partial charge in [0.2, 0.25) is 0 Å². The number of nitrogens with zero attached hydrogens (tertiary/aromatic N) is 2. The molecule has 0 atom stereocenters. The van der Waals surface area contributed by atoms with E-state index in [1.165, 1.54) is 13.1 Å². The van der Waals surface area contributed by atoms with E-state index in [1.54, 1.807) is 30.3 Å². The number of benzene rings is 3. The highest BCUT2D eigenvalue weighted by molar-refractivity contribution is 5.99. The molecule has 0 saturated heterocycles. The van der Waals surface area contributed by atoms with Gasteiger partial charge in [-0.2, -0.15) is 0 Å². The molecule has 0 aliphatic heterocycles. The Kier molecular flexibility index (Phi) is 6.17. The molecule has 0 saturated carbocycles. The zero-order chi connectivity index (χ0) is 23.4. The van der Waals surface area contributed by atoms with Crippen LogP contribution in [0, 0.1) is 6.92 Å². The standard InChI is InChI=1S/C25H22N4O4/c1-16-27-21-14-18(11-12-22(21)29(16)20-9-4-3-5-10-20)25(32)33-15-23(30)28-19-8-6-7-17(13-19)24(31)26-2/h3-14H,15H2,1-2H3,(H,26,31)(H,28,30). The second-order valence-electron chi connectivity index (χ2n) is 7.32. The van der Waals surface area contributed by atoms with Crippen LogP contribution in [0.2, 0.25) is 0 Å². The van der Waals surface area contributed by atoms with Gasteiger partial charge in [0.1, 0.15) is 5.82 Å². The number of carbonyl (C=O) groups excluding carboxylic acids is 3. The summed E-state index contributed by atoms with van der Waals surface area (Å²) >= 11 is 0. The third kappa shape index (κ3) is 4.74. The van der Waals surface area contributed by atoms with Crippen LogP contribution in [-0.4, -0.2) is 41.0 Å². The van der Waals surface area contributed by atoms with E-state index < -0.39 is 18.5 Å². The van der Waals surface area contributed by atoms with E-state index in [0.717, 1.165) is 17.0 Å². The lowest BCUT2D eigenvalue weighted by molar-refractivity contribution is -0.119. The van der Waals surface area contributed by atoms with E-state index in [4.69, 9.17) is 4.74 Å². The highest BCUT2D eigenvalue weighted by atomic mass is 16.5. The molecule has 0 unspecified atom stereocenters. The van der Waals surface area contributed by atoms with Gasteiger partial charge in [-0.15, -0.1) is 0 Å². The van der Waals surface area contributed by atoms with Crippen molar-refractivity contribution in [3.63, 3.8) is 0 Å². The molecule has 3 aromatic carbocycles. The number of carbonyl (C=O) groups is 3. The summed E-state index contributed by atoms with van der Waals surface area (Å²) in [5, 5.41) is 5.13. The van der Waals surface area contributed by atoms with E-state index in [-0.39, 0.29) is 5.91 Å². The Bertz CT molecular complexity index is 1350. The molecule has 0 aliphatic carbocycles. The minimum absolute atomic E-state index is 0.266. The summed E-state index contributed by atoms with van der Waals surface area (Å²) in [5.74, 6) is -0.612. The van der Waals surface area contributed by atoms with Gasteiger partial charge in [0.15, 0.2) is 6.61 Å². The number of ether oxygens (including phenoxy) is 1. The van der Waals surface area contributed by atoms with Gasteiger partial charge in [0.25, 0.3) is 11.8 Å². The molecular weight excluding hydrogens is 420 g/mol. The van der Waals surface area contributed by atoms with Gasteiger partial charge < -0.3 is 15.4 Å². The Morgan fingerprint density at radius 1 is 0.939 bits per heavy atom. The van der Waals surface area contributed by atoms with Crippen LogP contribution in [0.15, 0.2) is 72.8 Å². The van der Waals surface area contributed by atoms with Crippen molar-refractivity contribution in [3.05, 3.63) is 89.7 Å². The zero-order valence-electron chi connectivity index (χ0n) is 18.2. The molecule has 4 aromatic rings. The smallest absolute Gasteiger partial charge is 0.338 e. The molecule has 0 spiro atoms. The first-order valence-corrected chi connectivity index (χ1v) is 10.3. The lowest BCUT2D eigenvalue weighted by Gasteiger charge is -2.08. The molecular formula is C25H22N4O4.